The predicted octanol–water partition coefficient (Wildman–Crippen LogP) is 3.75. The molecule has 1 fully saturated rings. The molecule has 0 spiro atoms. The van der Waals surface area contributed by atoms with E-state index in [0.29, 0.717) is 5.56 Å². The summed E-state index contributed by atoms with van der Waals surface area (Å²) in [5, 5.41) is 10.9. The van der Waals surface area contributed by atoms with Crippen LogP contribution in [-0.2, 0) is 0 Å². The highest BCUT2D eigenvalue weighted by molar-refractivity contribution is 5.33. The number of nitrogens with zero attached hydrogens (tertiary/aromatic N) is 1. The molecule has 1 saturated heterocycles. The zero-order valence-electron chi connectivity index (χ0n) is 14.0. The third kappa shape index (κ3) is 3.77. The number of ether oxygens (including phenoxy) is 1. The van der Waals surface area contributed by atoms with Crippen LogP contribution in [0, 0.1) is 5.82 Å². The van der Waals surface area contributed by atoms with Gasteiger partial charge in [-0.05, 0) is 49.2 Å². The molecule has 0 aliphatic carbocycles. The maximum Gasteiger partial charge on any atom is 0.165 e. The molecule has 3 nitrogen and oxygen atoms in total. The molecule has 2 aromatic carbocycles. The zero-order valence-corrected chi connectivity index (χ0v) is 14.0. The van der Waals surface area contributed by atoms with Crippen LogP contribution in [0.25, 0.3) is 0 Å². The van der Waals surface area contributed by atoms with Gasteiger partial charge >= 0.3 is 0 Å². The van der Waals surface area contributed by atoms with Crippen LogP contribution < -0.4 is 4.74 Å². The second-order valence-electron chi connectivity index (χ2n) is 6.36. The number of hydrogen-bond donors (Lipinski definition) is 1. The molecule has 0 unspecified atom stereocenters. The molecule has 0 amide bonds. The highest BCUT2D eigenvalue weighted by Crippen LogP contribution is 2.34. The van der Waals surface area contributed by atoms with Crippen LogP contribution in [0.5, 0.6) is 5.75 Å². The van der Waals surface area contributed by atoms with E-state index in [0.717, 1.165) is 25.2 Å². The van der Waals surface area contributed by atoms with E-state index in [1.807, 2.05) is 30.3 Å². The van der Waals surface area contributed by atoms with Gasteiger partial charge < -0.3 is 14.7 Å². The molecule has 1 aliphatic rings. The normalized spacial score (nSPS) is 17.6. The molecule has 4 heteroatoms. The van der Waals surface area contributed by atoms with Crippen LogP contribution in [-0.4, -0.2) is 36.8 Å². The maximum absolute atomic E-state index is 14.0. The third-order valence-corrected chi connectivity index (χ3v) is 4.78. The number of rotatable bonds is 6. The first-order valence-corrected chi connectivity index (χ1v) is 8.48. The van der Waals surface area contributed by atoms with E-state index in [4.69, 9.17) is 4.74 Å². The van der Waals surface area contributed by atoms with E-state index in [1.54, 1.807) is 12.1 Å². The summed E-state index contributed by atoms with van der Waals surface area (Å²) in [6, 6.07) is 14.7. The van der Waals surface area contributed by atoms with Crippen LogP contribution in [0.3, 0.4) is 0 Å². The molecule has 3 rings (SSSR count). The van der Waals surface area contributed by atoms with Gasteiger partial charge in [-0.2, -0.15) is 0 Å². The standard InChI is InChI=1S/C20H24FNO2/c1-24-19-10-9-16(13-18(19)21)20(23)17(14-22-11-5-6-12-22)15-7-3-2-4-8-15/h2-4,7-10,13,17,20,23H,5-6,11-12,14H2,1H3/t17-,20-/m1/s1. The number of benzene rings is 2. The third-order valence-electron chi connectivity index (χ3n) is 4.78. The fourth-order valence-electron chi connectivity index (χ4n) is 3.43. The highest BCUT2D eigenvalue weighted by atomic mass is 19.1. The predicted molar refractivity (Wildman–Crippen MR) is 92.8 cm³/mol. The smallest absolute Gasteiger partial charge is 0.165 e. The van der Waals surface area contributed by atoms with Crippen molar-refractivity contribution in [3.63, 3.8) is 0 Å². The van der Waals surface area contributed by atoms with Gasteiger partial charge in [-0.3, -0.25) is 0 Å². The summed E-state index contributed by atoms with van der Waals surface area (Å²) in [4.78, 5) is 2.38. The lowest BCUT2D eigenvalue weighted by Gasteiger charge is -2.28. The number of aliphatic hydroxyl groups is 1. The summed E-state index contributed by atoms with van der Waals surface area (Å²) in [6.45, 7) is 2.90. The first kappa shape index (κ1) is 16.9. The summed E-state index contributed by atoms with van der Waals surface area (Å²) in [6.07, 6.45) is 1.65. The van der Waals surface area contributed by atoms with E-state index in [2.05, 4.69) is 4.90 Å². The van der Waals surface area contributed by atoms with E-state index < -0.39 is 11.9 Å². The highest BCUT2D eigenvalue weighted by Gasteiger charge is 2.27. The van der Waals surface area contributed by atoms with E-state index in [9.17, 15) is 9.50 Å². The summed E-state index contributed by atoms with van der Waals surface area (Å²) < 4.78 is 19.0. The van der Waals surface area contributed by atoms with Crippen molar-refractivity contribution in [3.8, 4) is 5.75 Å². The van der Waals surface area contributed by atoms with Crippen molar-refractivity contribution in [1.82, 2.24) is 4.90 Å². The zero-order chi connectivity index (χ0) is 16.9. The van der Waals surface area contributed by atoms with Gasteiger partial charge in [0.25, 0.3) is 0 Å². The quantitative estimate of drug-likeness (QED) is 0.876. The van der Waals surface area contributed by atoms with Crippen molar-refractivity contribution in [2.45, 2.75) is 24.9 Å². The molecule has 0 bridgehead atoms. The van der Waals surface area contributed by atoms with Crippen molar-refractivity contribution in [2.75, 3.05) is 26.7 Å². The van der Waals surface area contributed by atoms with Crippen molar-refractivity contribution in [3.05, 3.63) is 65.5 Å². The van der Waals surface area contributed by atoms with Gasteiger partial charge in [-0.1, -0.05) is 36.4 Å². The number of hydrogen-bond acceptors (Lipinski definition) is 3. The minimum absolute atomic E-state index is 0.0860. The van der Waals surface area contributed by atoms with Crippen molar-refractivity contribution in [1.29, 1.82) is 0 Å². The van der Waals surface area contributed by atoms with Gasteiger partial charge in [0.2, 0.25) is 0 Å². The minimum Gasteiger partial charge on any atom is -0.494 e. The Morgan fingerprint density at radius 1 is 1.08 bits per heavy atom. The van der Waals surface area contributed by atoms with E-state index in [1.165, 1.54) is 26.0 Å². The fourth-order valence-corrected chi connectivity index (χ4v) is 3.43. The molecular formula is C20H24FNO2. The van der Waals surface area contributed by atoms with Crippen LogP contribution in [0.15, 0.2) is 48.5 Å². The lowest BCUT2D eigenvalue weighted by Crippen LogP contribution is -2.29. The maximum atomic E-state index is 14.0. The van der Waals surface area contributed by atoms with Crippen LogP contribution in [0.2, 0.25) is 0 Å². The first-order valence-electron chi connectivity index (χ1n) is 8.48. The largest absolute Gasteiger partial charge is 0.494 e. The Morgan fingerprint density at radius 3 is 2.42 bits per heavy atom. The van der Waals surface area contributed by atoms with Gasteiger partial charge in [0.1, 0.15) is 0 Å². The van der Waals surface area contributed by atoms with Crippen molar-refractivity contribution < 1.29 is 14.2 Å². The molecule has 1 heterocycles. The molecule has 0 saturated carbocycles. The average Bonchev–Trinajstić information content (AvgIpc) is 3.13. The lowest BCUT2D eigenvalue weighted by atomic mass is 9.88. The fraction of sp³-hybridized carbons (Fsp3) is 0.400. The number of aliphatic hydroxyl groups excluding tert-OH is 1. The van der Waals surface area contributed by atoms with Crippen molar-refractivity contribution in [2.24, 2.45) is 0 Å². The monoisotopic (exact) mass is 329 g/mol. The topological polar surface area (TPSA) is 32.7 Å². The van der Waals surface area contributed by atoms with Crippen molar-refractivity contribution >= 4 is 0 Å². The molecule has 128 valence electrons. The minimum atomic E-state index is -0.756. The summed E-state index contributed by atoms with van der Waals surface area (Å²) in [7, 11) is 1.44. The van der Waals surface area contributed by atoms with Crippen LogP contribution in [0.1, 0.15) is 36.0 Å². The Hall–Kier alpha value is -1.91. The van der Waals surface area contributed by atoms with Crippen LogP contribution in [0.4, 0.5) is 4.39 Å². The molecule has 0 aromatic heterocycles. The van der Waals surface area contributed by atoms with Gasteiger partial charge in [-0.25, -0.2) is 4.39 Å². The summed E-state index contributed by atoms with van der Waals surface area (Å²) >= 11 is 0. The lowest BCUT2D eigenvalue weighted by molar-refractivity contribution is 0.122. The average molecular weight is 329 g/mol. The Morgan fingerprint density at radius 2 is 1.79 bits per heavy atom. The van der Waals surface area contributed by atoms with Gasteiger partial charge in [0.15, 0.2) is 11.6 Å². The van der Waals surface area contributed by atoms with Gasteiger partial charge in [-0.15, -0.1) is 0 Å². The summed E-state index contributed by atoms with van der Waals surface area (Å²) in [5.74, 6) is -0.333. The number of methoxy groups -OCH3 is 1. The molecule has 1 aliphatic heterocycles. The summed E-state index contributed by atoms with van der Waals surface area (Å²) in [5.41, 5.74) is 1.66. The van der Waals surface area contributed by atoms with E-state index >= 15 is 0 Å². The number of halogens is 1. The second-order valence-corrected chi connectivity index (χ2v) is 6.36. The SMILES string of the molecule is COc1ccc([C@@H](O)[C@H](CN2CCCC2)c2ccccc2)cc1F. The second kappa shape index (κ2) is 7.77. The number of likely N-dealkylation sites (tertiary alicyclic amines) is 1. The molecular weight excluding hydrogens is 305 g/mol. The van der Waals surface area contributed by atoms with Gasteiger partial charge in [0, 0.05) is 12.5 Å². The first-order chi connectivity index (χ1) is 11.7. The molecule has 2 aromatic rings. The Kier molecular flexibility index (Phi) is 5.48. The van der Waals surface area contributed by atoms with E-state index in [-0.39, 0.29) is 11.7 Å². The Labute approximate surface area is 142 Å². The Bertz CT molecular complexity index is 656. The Balaban J connectivity index is 1.87. The molecule has 0 radical (unpaired) electrons. The molecule has 1 N–H and O–H groups in total. The molecule has 24 heavy (non-hydrogen) atoms. The molecule has 2 atom stereocenters. The van der Waals surface area contributed by atoms with Crippen LogP contribution >= 0.6 is 0 Å². The van der Waals surface area contributed by atoms with Gasteiger partial charge in [0.05, 0.1) is 13.2 Å².